The summed E-state index contributed by atoms with van der Waals surface area (Å²) in [5, 5.41) is 22.4. The van der Waals surface area contributed by atoms with Crippen LogP contribution >= 0.6 is 0 Å². The first-order chi connectivity index (χ1) is 24.9. The summed E-state index contributed by atoms with van der Waals surface area (Å²) in [6.07, 6.45) is 6.40. The van der Waals surface area contributed by atoms with Crippen LogP contribution in [0.2, 0.25) is 0 Å². The van der Waals surface area contributed by atoms with Crippen molar-refractivity contribution in [1.82, 2.24) is 9.44 Å². The van der Waals surface area contributed by atoms with Crippen LogP contribution in [0.4, 0.5) is 11.4 Å². The Kier molecular flexibility index (Phi) is 10.0. The van der Waals surface area contributed by atoms with Crippen LogP contribution in [-0.4, -0.2) is 38.8 Å². The van der Waals surface area contributed by atoms with E-state index >= 15 is 0 Å². The molecule has 272 valence electrons. The first-order valence-electron chi connectivity index (χ1n) is 17.6. The van der Waals surface area contributed by atoms with Crippen molar-refractivity contribution in [3.8, 4) is 0 Å². The Labute approximate surface area is 303 Å². The quantitative estimate of drug-likeness (QED) is 0.160. The van der Waals surface area contributed by atoms with Crippen molar-refractivity contribution in [3.05, 3.63) is 140 Å². The molecule has 4 aromatic carbocycles. The summed E-state index contributed by atoms with van der Waals surface area (Å²) in [6.45, 7) is 0. The minimum Gasteiger partial charge on any atom is -0.258 e. The molecule has 0 heterocycles. The van der Waals surface area contributed by atoms with Gasteiger partial charge in [-0.2, -0.15) is 0 Å². The summed E-state index contributed by atoms with van der Waals surface area (Å²) >= 11 is 0. The molecule has 2 saturated carbocycles. The van der Waals surface area contributed by atoms with Crippen molar-refractivity contribution in [2.75, 3.05) is 0 Å². The largest absolute Gasteiger partial charge is 0.272 e. The van der Waals surface area contributed by atoms with Gasteiger partial charge in [-0.1, -0.05) is 54.6 Å². The fourth-order valence-corrected chi connectivity index (χ4v) is 11.6. The van der Waals surface area contributed by atoms with Gasteiger partial charge >= 0.3 is 0 Å². The van der Waals surface area contributed by atoms with Crippen LogP contribution in [0.5, 0.6) is 0 Å². The Bertz CT molecular complexity index is 2200. The molecule has 52 heavy (non-hydrogen) atoms. The highest BCUT2D eigenvalue weighted by atomic mass is 32.2. The molecule has 6 unspecified atom stereocenters. The maximum atomic E-state index is 12.8. The van der Waals surface area contributed by atoms with Gasteiger partial charge in [0.05, 0.1) is 19.6 Å². The molecule has 0 aromatic heterocycles. The average molecular weight is 745 g/mol. The van der Waals surface area contributed by atoms with Crippen LogP contribution < -0.4 is 9.44 Å². The molecule has 6 atom stereocenters. The fourth-order valence-electron chi connectivity index (χ4n) is 8.78. The van der Waals surface area contributed by atoms with Gasteiger partial charge in [0, 0.05) is 35.8 Å². The second-order valence-corrected chi connectivity index (χ2v) is 17.7. The van der Waals surface area contributed by atoms with Gasteiger partial charge in [0.15, 0.2) is 0 Å². The number of nitro groups is 2. The Morgan fingerprint density at radius 2 is 1.00 bits per heavy atom. The van der Waals surface area contributed by atoms with Crippen LogP contribution in [0.3, 0.4) is 0 Å². The summed E-state index contributed by atoms with van der Waals surface area (Å²) in [5.74, 6) is 0.644. The van der Waals surface area contributed by atoms with E-state index in [1.165, 1.54) is 0 Å². The van der Waals surface area contributed by atoms with Crippen LogP contribution in [0, 0.1) is 43.9 Å². The summed E-state index contributed by atoms with van der Waals surface area (Å²) in [4.78, 5) is 22.3. The van der Waals surface area contributed by atoms with E-state index in [2.05, 4.69) is 9.44 Å². The highest BCUT2D eigenvalue weighted by molar-refractivity contribution is 7.89. The number of fused-ring (bicyclic) bond motifs is 6. The Morgan fingerprint density at radius 3 is 1.50 bits per heavy atom. The predicted molar refractivity (Wildman–Crippen MR) is 195 cm³/mol. The van der Waals surface area contributed by atoms with Gasteiger partial charge in [-0.05, 0) is 116 Å². The Balaban J connectivity index is 0.000000162. The fraction of sp³-hybridized carbons (Fsp3) is 0.368. The highest BCUT2D eigenvalue weighted by Crippen LogP contribution is 2.43. The van der Waals surface area contributed by atoms with Crippen LogP contribution in [0.25, 0.3) is 0 Å². The van der Waals surface area contributed by atoms with Gasteiger partial charge < -0.3 is 0 Å². The molecule has 0 saturated heterocycles. The molecule has 2 N–H and O–H groups in total. The summed E-state index contributed by atoms with van der Waals surface area (Å²) < 4.78 is 56.8. The monoisotopic (exact) mass is 744 g/mol. The van der Waals surface area contributed by atoms with Gasteiger partial charge in [-0.3, -0.25) is 20.2 Å². The molecular weight excluding hydrogens is 705 g/mol. The van der Waals surface area contributed by atoms with E-state index in [1.807, 2.05) is 12.1 Å². The average Bonchev–Trinajstić information content (AvgIpc) is 3.56. The third-order valence-electron chi connectivity index (χ3n) is 11.3. The van der Waals surface area contributed by atoms with Crippen LogP contribution in [0.15, 0.2) is 107 Å². The summed E-state index contributed by atoms with van der Waals surface area (Å²) in [6, 6.07) is 26.7. The van der Waals surface area contributed by atoms with E-state index in [9.17, 15) is 37.1 Å². The minimum absolute atomic E-state index is 0.0841. The van der Waals surface area contributed by atoms with Gasteiger partial charge in [-0.25, -0.2) is 26.3 Å². The molecular formula is C38H40N4O8S2. The summed E-state index contributed by atoms with van der Waals surface area (Å²) in [7, 11) is -7.17. The number of benzene rings is 4. The van der Waals surface area contributed by atoms with Crippen molar-refractivity contribution in [1.29, 1.82) is 0 Å². The number of sulfonamides is 2. The SMILES string of the molecule is O=[N+]([O-])c1ccc2c(c1)CC1CCC(C2)C1NS(=O)(=O)c1ccccc1.O=[N+]([O-])c1cccc2c1CC1CCC(C2)C1NS(=O)(=O)c1ccccc1. The third-order valence-corrected chi connectivity index (χ3v) is 14.2. The number of hydrogen-bond donors (Lipinski definition) is 2. The lowest BCUT2D eigenvalue weighted by Crippen LogP contribution is -2.41. The van der Waals surface area contributed by atoms with Crippen LogP contribution in [0.1, 0.15) is 47.9 Å². The minimum atomic E-state index is -3.60. The number of hydrogen-bond acceptors (Lipinski definition) is 8. The zero-order chi connectivity index (χ0) is 36.6. The number of nitrogens with zero attached hydrogens (tertiary/aromatic N) is 2. The lowest BCUT2D eigenvalue weighted by Gasteiger charge is -2.23. The van der Waals surface area contributed by atoms with E-state index in [1.54, 1.807) is 84.9 Å². The van der Waals surface area contributed by atoms with E-state index in [4.69, 9.17) is 0 Å². The molecule has 0 amide bonds. The van der Waals surface area contributed by atoms with Crippen molar-refractivity contribution >= 4 is 31.4 Å². The lowest BCUT2D eigenvalue weighted by atomic mass is 9.92. The molecule has 4 aliphatic carbocycles. The maximum Gasteiger partial charge on any atom is 0.272 e. The zero-order valence-electron chi connectivity index (χ0n) is 28.3. The number of rotatable bonds is 8. The van der Waals surface area contributed by atoms with Crippen molar-refractivity contribution in [2.24, 2.45) is 23.7 Å². The molecule has 0 spiro atoms. The normalized spacial score (nSPS) is 24.7. The van der Waals surface area contributed by atoms with E-state index in [-0.39, 0.29) is 66.8 Å². The van der Waals surface area contributed by atoms with Gasteiger partial charge in [0.2, 0.25) is 20.0 Å². The van der Waals surface area contributed by atoms with Gasteiger partial charge in [0.1, 0.15) is 0 Å². The lowest BCUT2D eigenvalue weighted by molar-refractivity contribution is -0.385. The van der Waals surface area contributed by atoms with Crippen molar-refractivity contribution < 1.29 is 26.7 Å². The van der Waals surface area contributed by atoms with Crippen molar-refractivity contribution in [3.63, 3.8) is 0 Å². The Hall–Kier alpha value is -4.50. The smallest absolute Gasteiger partial charge is 0.258 e. The molecule has 4 aliphatic rings. The molecule has 2 fully saturated rings. The third kappa shape index (κ3) is 7.38. The maximum absolute atomic E-state index is 12.8. The van der Waals surface area contributed by atoms with E-state index in [0.717, 1.165) is 54.4 Å². The van der Waals surface area contributed by atoms with E-state index in [0.29, 0.717) is 19.3 Å². The van der Waals surface area contributed by atoms with Crippen molar-refractivity contribution in [2.45, 2.75) is 73.2 Å². The molecule has 4 aromatic rings. The van der Waals surface area contributed by atoms with Gasteiger partial charge in [-0.15, -0.1) is 0 Å². The Morgan fingerprint density at radius 1 is 0.519 bits per heavy atom. The second-order valence-electron chi connectivity index (χ2n) is 14.3. The topological polar surface area (TPSA) is 179 Å². The van der Waals surface area contributed by atoms with Crippen LogP contribution in [-0.2, 0) is 45.7 Å². The number of non-ortho nitro benzene ring substituents is 1. The first kappa shape index (κ1) is 35.9. The van der Waals surface area contributed by atoms with Gasteiger partial charge in [0.25, 0.3) is 11.4 Å². The second kappa shape index (κ2) is 14.5. The zero-order valence-corrected chi connectivity index (χ0v) is 30.0. The van der Waals surface area contributed by atoms with E-state index < -0.39 is 20.0 Å². The number of nitrogens with one attached hydrogen (secondary N) is 2. The molecule has 0 radical (unpaired) electrons. The first-order valence-corrected chi connectivity index (χ1v) is 20.5. The number of nitro benzene ring substituents is 2. The summed E-state index contributed by atoms with van der Waals surface area (Å²) in [5.41, 5.74) is 4.09. The molecule has 4 bridgehead atoms. The standard InChI is InChI=1S/2C19H20N2O4S/c22-21(23)18-8-4-5-13-11-14-9-10-15(12-17(13)18)19(14)20-26(24,25)16-6-2-1-3-7-16;22-21(23)17-9-8-13-10-14-6-7-15(11-16(13)12-17)19(14)20-26(24,25)18-4-2-1-3-5-18/h1-8,14-15,19-20H,9-12H2;1-5,8-9,12,14-15,19-20H,6-7,10-11H2. The highest BCUT2D eigenvalue weighted by Gasteiger charge is 2.43. The molecule has 0 aliphatic heterocycles. The predicted octanol–water partition coefficient (Wildman–Crippen LogP) is 6.13. The molecule has 12 nitrogen and oxygen atoms in total. The molecule has 8 rings (SSSR count). The molecule has 14 heteroatoms.